The Morgan fingerprint density at radius 3 is 0.974 bits per heavy atom. The van der Waals surface area contributed by atoms with Crippen molar-refractivity contribution >= 4 is 34.1 Å². The SMILES string of the molecule is c1ccc(-c2cc3c(cc2-c2ccccc2)N(c2ccccc2)c2ccccc2N3c2ccccc2)cc1. The van der Waals surface area contributed by atoms with Crippen LogP contribution in [0.25, 0.3) is 22.3 Å². The maximum atomic E-state index is 2.39. The molecule has 0 amide bonds. The van der Waals surface area contributed by atoms with E-state index in [1.165, 1.54) is 22.3 Å². The summed E-state index contributed by atoms with van der Waals surface area (Å²) in [6.45, 7) is 0. The predicted octanol–water partition coefficient (Wildman–Crippen LogP) is 10.3. The third-order valence-electron chi connectivity index (χ3n) is 7.16. The lowest BCUT2D eigenvalue weighted by atomic mass is 9.91. The third kappa shape index (κ3) is 3.75. The van der Waals surface area contributed by atoms with E-state index in [1.54, 1.807) is 0 Å². The van der Waals surface area contributed by atoms with Crippen LogP contribution in [0.2, 0.25) is 0 Å². The van der Waals surface area contributed by atoms with Gasteiger partial charge >= 0.3 is 0 Å². The molecule has 6 aromatic carbocycles. The lowest BCUT2D eigenvalue weighted by Crippen LogP contribution is -2.24. The van der Waals surface area contributed by atoms with Crippen molar-refractivity contribution in [2.24, 2.45) is 0 Å². The molecule has 0 spiro atoms. The maximum Gasteiger partial charge on any atom is 0.0709 e. The highest BCUT2D eigenvalue weighted by Crippen LogP contribution is 2.56. The minimum Gasteiger partial charge on any atom is -0.306 e. The Labute approximate surface area is 223 Å². The Kier molecular flexibility index (Phi) is 5.49. The molecule has 0 atom stereocenters. The molecule has 38 heavy (non-hydrogen) atoms. The Bertz CT molecular complexity index is 1570. The minimum absolute atomic E-state index is 1.14. The van der Waals surface area contributed by atoms with E-state index in [1.807, 2.05) is 0 Å². The summed E-state index contributed by atoms with van der Waals surface area (Å²) in [4.78, 5) is 4.79. The van der Waals surface area contributed by atoms with Gasteiger partial charge < -0.3 is 9.80 Å². The lowest BCUT2D eigenvalue weighted by Gasteiger charge is -2.41. The van der Waals surface area contributed by atoms with Crippen LogP contribution in [0.5, 0.6) is 0 Å². The number of benzene rings is 6. The average Bonchev–Trinajstić information content (AvgIpc) is 3.01. The average molecular weight is 487 g/mol. The number of hydrogen-bond donors (Lipinski definition) is 0. The van der Waals surface area contributed by atoms with Crippen LogP contribution in [-0.4, -0.2) is 0 Å². The molecule has 7 rings (SSSR count). The van der Waals surface area contributed by atoms with Crippen molar-refractivity contribution in [2.45, 2.75) is 0 Å². The van der Waals surface area contributed by atoms with Gasteiger partial charge in [0.05, 0.1) is 22.7 Å². The van der Waals surface area contributed by atoms with Gasteiger partial charge in [-0.2, -0.15) is 0 Å². The van der Waals surface area contributed by atoms with Gasteiger partial charge in [-0.3, -0.25) is 0 Å². The molecular formula is C36H26N2. The topological polar surface area (TPSA) is 6.48 Å². The summed E-state index contributed by atoms with van der Waals surface area (Å²) in [5, 5.41) is 0. The fraction of sp³-hybridized carbons (Fsp3) is 0. The van der Waals surface area contributed by atoms with Gasteiger partial charge in [0, 0.05) is 11.4 Å². The van der Waals surface area contributed by atoms with E-state index in [4.69, 9.17) is 0 Å². The highest BCUT2D eigenvalue weighted by Gasteiger charge is 2.31. The van der Waals surface area contributed by atoms with Gasteiger partial charge in [-0.25, -0.2) is 0 Å². The minimum atomic E-state index is 1.14. The second-order valence-electron chi connectivity index (χ2n) is 9.45. The standard InChI is InChI=1S/C36H26N2/c1-5-15-27(16-6-1)31-25-35-36(26-32(31)28-17-7-2-8-18-28)38(30-21-11-4-12-22-30)34-24-14-13-23-33(34)37(35)29-19-9-3-10-20-29/h1-26H. The van der Waals surface area contributed by atoms with Crippen molar-refractivity contribution < 1.29 is 0 Å². The third-order valence-corrected chi connectivity index (χ3v) is 7.16. The fourth-order valence-corrected chi connectivity index (χ4v) is 5.46. The summed E-state index contributed by atoms with van der Waals surface area (Å²) in [7, 11) is 0. The van der Waals surface area contributed by atoms with Crippen LogP contribution >= 0.6 is 0 Å². The first-order valence-corrected chi connectivity index (χ1v) is 13.0. The van der Waals surface area contributed by atoms with Crippen LogP contribution in [0.1, 0.15) is 0 Å². The highest BCUT2D eigenvalue weighted by atomic mass is 15.3. The number of para-hydroxylation sites is 4. The first kappa shape index (κ1) is 22.1. The smallest absolute Gasteiger partial charge is 0.0709 e. The molecule has 0 fully saturated rings. The quantitative estimate of drug-likeness (QED) is 0.244. The molecule has 0 saturated heterocycles. The second kappa shape index (κ2) is 9.42. The van der Waals surface area contributed by atoms with Crippen molar-refractivity contribution in [3.05, 3.63) is 158 Å². The maximum absolute atomic E-state index is 2.39. The number of anilines is 6. The molecule has 0 radical (unpaired) electrons. The molecule has 180 valence electrons. The van der Waals surface area contributed by atoms with Crippen LogP contribution in [0.4, 0.5) is 34.1 Å². The first-order chi connectivity index (χ1) is 18.9. The Morgan fingerprint density at radius 2 is 0.605 bits per heavy atom. The van der Waals surface area contributed by atoms with Gasteiger partial charge in [-0.05, 0) is 70.8 Å². The molecule has 0 bridgehead atoms. The molecule has 1 aliphatic heterocycles. The molecule has 1 aliphatic rings. The molecule has 0 saturated carbocycles. The summed E-state index contributed by atoms with van der Waals surface area (Å²) >= 11 is 0. The van der Waals surface area contributed by atoms with Crippen molar-refractivity contribution in [1.29, 1.82) is 0 Å². The number of fused-ring (bicyclic) bond motifs is 2. The molecular weight excluding hydrogens is 460 g/mol. The second-order valence-corrected chi connectivity index (χ2v) is 9.45. The van der Waals surface area contributed by atoms with Crippen LogP contribution in [-0.2, 0) is 0 Å². The lowest BCUT2D eigenvalue weighted by molar-refractivity contribution is 1.17. The van der Waals surface area contributed by atoms with Gasteiger partial charge in [-0.15, -0.1) is 0 Å². The summed E-state index contributed by atoms with van der Waals surface area (Å²) in [5.74, 6) is 0. The summed E-state index contributed by atoms with van der Waals surface area (Å²) in [5.41, 5.74) is 11.7. The molecule has 2 nitrogen and oxygen atoms in total. The van der Waals surface area contributed by atoms with Crippen LogP contribution in [0.15, 0.2) is 158 Å². The van der Waals surface area contributed by atoms with Gasteiger partial charge in [0.15, 0.2) is 0 Å². The fourth-order valence-electron chi connectivity index (χ4n) is 5.46. The largest absolute Gasteiger partial charge is 0.306 e. The van der Waals surface area contributed by atoms with Crippen LogP contribution in [0.3, 0.4) is 0 Å². The van der Waals surface area contributed by atoms with Crippen LogP contribution < -0.4 is 9.80 Å². The van der Waals surface area contributed by atoms with E-state index in [9.17, 15) is 0 Å². The van der Waals surface area contributed by atoms with E-state index < -0.39 is 0 Å². The van der Waals surface area contributed by atoms with Gasteiger partial charge in [-0.1, -0.05) is 109 Å². The molecule has 6 aromatic rings. The van der Waals surface area contributed by atoms with E-state index >= 15 is 0 Å². The zero-order chi connectivity index (χ0) is 25.3. The molecule has 2 heteroatoms. The highest BCUT2D eigenvalue weighted by molar-refractivity contribution is 6.05. The van der Waals surface area contributed by atoms with Gasteiger partial charge in [0.1, 0.15) is 0 Å². The zero-order valence-electron chi connectivity index (χ0n) is 20.9. The summed E-state index contributed by atoms with van der Waals surface area (Å²) < 4.78 is 0. The number of rotatable bonds is 4. The summed E-state index contributed by atoms with van der Waals surface area (Å²) in [6.07, 6.45) is 0. The number of nitrogens with zero attached hydrogens (tertiary/aromatic N) is 2. The van der Waals surface area contributed by atoms with Gasteiger partial charge in [0.25, 0.3) is 0 Å². The first-order valence-electron chi connectivity index (χ1n) is 13.0. The molecule has 1 heterocycles. The monoisotopic (exact) mass is 486 g/mol. The molecule has 0 aliphatic carbocycles. The Hall–Kier alpha value is -5.08. The number of hydrogen-bond acceptors (Lipinski definition) is 2. The molecule has 0 N–H and O–H groups in total. The van der Waals surface area contributed by atoms with E-state index in [2.05, 4.69) is 168 Å². The normalized spacial score (nSPS) is 12.1. The molecule has 0 unspecified atom stereocenters. The van der Waals surface area contributed by atoms with E-state index in [-0.39, 0.29) is 0 Å². The Balaban J connectivity index is 1.58. The van der Waals surface area contributed by atoms with Crippen molar-refractivity contribution in [2.75, 3.05) is 9.80 Å². The van der Waals surface area contributed by atoms with Crippen molar-refractivity contribution in [3.8, 4) is 22.3 Å². The van der Waals surface area contributed by atoms with E-state index in [0.717, 1.165) is 34.1 Å². The van der Waals surface area contributed by atoms with Crippen molar-refractivity contribution in [3.63, 3.8) is 0 Å². The van der Waals surface area contributed by atoms with Crippen LogP contribution in [0, 0.1) is 0 Å². The summed E-state index contributed by atoms with van der Waals surface area (Å²) in [6, 6.07) is 56.2. The van der Waals surface area contributed by atoms with Crippen molar-refractivity contribution in [1.82, 2.24) is 0 Å². The molecule has 0 aromatic heterocycles. The zero-order valence-corrected chi connectivity index (χ0v) is 20.9. The Morgan fingerprint density at radius 1 is 0.289 bits per heavy atom. The predicted molar refractivity (Wildman–Crippen MR) is 160 cm³/mol. The van der Waals surface area contributed by atoms with Gasteiger partial charge in [0.2, 0.25) is 0 Å². The van der Waals surface area contributed by atoms with E-state index in [0.29, 0.717) is 0 Å².